The predicted octanol–water partition coefficient (Wildman–Crippen LogP) is 0.884. The number of carboxylic acids is 1. The van der Waals surface area contributed by atoms with Crippen molar-refractivity contribution in [2.24, 2.45) is 0 Å². The lowest BCUT2D eigenvalue weighted by Gasteiger charge is -2.05. The van der Waals surface area contributed by atoms with Crippen LogP contribution in [0.3, 0.4) is 0 Å². The van der Waals surface area contributed by atoms with Gasteiger partial charge in [0.2, 0.25) is 0 Å². The third-order valence-electron chi connectivity index (χ3n) is 1.78. The highest BCUT2D eigenvalue weighted by Gasteiger charge is 2.20. The minimum absolute atomic E-state index is 0.133. The molecule has 1 aromatic rings. The molecule has 1 rings (SSSR count). The van der Waals surface area contributed by atoms with Crippen LogP contribution in [-0.4, -0.2) is 23.1 Å². The van der Waals surface area contributed by atoms with Gasteiger partial charge in [0, 0.05) is 12.1 Å². The highest BCUT2D eigenvalue weighted by Crippen LogP contribution is 2.31. The van der Waals surface area contributed by atoms with Crippen LogP contribution in [0.1, 0.15) is 10.4 Å². The van der Waals surface area contributed by atoms with E-state index in [4.69, 9.17) is 15.6 Å². The monoisotopic (exact) mass is 212 g/mol. The lowest BCUT2D eigenvalue weighted by atomic mass is 10.1. The minimum atomic E-state index is -1.26. The second-order valence-corrected chi connectivity index (χ2v) is 2.67. The molecular formula is C8H8N2O5. The van der Waals surface area contributed by atoms with Gasteiger partial charge in [0.25, 0.3) is 0 Å². The van der Waals surface area contributed by atoms with Crippen molar-refractivity contribution in [2.45, 2.75) is 0 Å². The van der Waals surface area contributed by atoms with E-state index in [1.807, 2.05) is 0 Å². The molecule has 0 aliphatic carbocycles. The fourth-order valence-corrected chi connectivity index (χ4v) is 1.08. The standard InChI is InChI=1S/C8H8N2O5/c1-15-7-2-4(8(11)12)5(9)3-6(7)10(13)14/h2-3H,9H2,1H3,(H,11,12). The number of nitrogens with zero attached hydrogens (tertiary/aromatic N) is 1. The third kappa shape index (κ3) is 1.96. The summed E-state index contributed by atoms with van der Waals surface area (Å²) in [4.78, 5) is 20.5. The first-order valence-corrected chi connectivity index (χ1v) is 3.82. The zero-order chi connectivity index (χ0) is 11.6. The molecule has 7 heteroatoms. The molecule has 80 valence electrons. The Bertz CT molecular complexity index is 429. The summed E-state index contributed by atoms with van der Waals surface area (Å²) in [5.74, 6) is -1.40. The quantitative estimate of drug-likeness (QED) is 0.436. The number of hydrogen-bond acceptors (Lipinski definition) is 5. The summed E-state index contributed by atoms with van der Waals surface area (Å²) in [7, 11) is 1.21. The molecule has 0 saturated heterocycles. The zero-order valence-corrected chi connectivity index (χ0v) is 7.76. The summed E-state index contributed by atoms with van der Waals surface area (Å²) in [6.07, 6.45) is 0. The molecule has 0 fully saturated rings. The molecule has 7 nitrogen and oxygen atoms in total. The number of carboxylic acid groups (broad SMARTS) is 1. The number of benzene rings is 1. The predicted molar refractivity (Wildman–Crippen MR) is 51.0 cm³/mol. The van der Waals surface area contributed by atoms with Crippen LogP contribution < -0.4 is 10.5 Å². The molecule has 0 bridgehead atoms. The molecular weight excluding hydrogens is 204 g/mol. The molecule has 1 aromatic carbocycles. The summed E-state index contributed by atoms with van der Waals surface area (Å²) >= 11 is 0. The van der Waals surface area contributed by atoms with Crippen molar-refractivity contribution >= 4 is 17.3 Å². The Morgan fingerprint density at radius 2 is 2.20 bits per heavy atom. The van der Waals surface area contributed by atoms with E-state index >= 15 is 0 Å². The van der Waals surface area contributed by atoms with Gasteiger partial charge in [-0.15, -0.1) is 0 Å². The number of rotatable bonds is 3. The van der Waals surface area contributed by atoms with Crippen LogP contribution in [-0.2, 0) is 0 Å². The molecule has 0 heterocycles. The summed E-state index contributed by atoms with van der Waals surface area (Å²) in [6, 6.07) is 1.98. The lowest BCUT2D eigenvalue weighted by Crippen LogP contribution is -2.04. The van der Waals surface area contributed by atoms with Gasteiger partial charge in [0.1, 0.15) is 0 Å². The number of nitrogen functional groups attached to an aromatic ring is 1. The average Bonchev–Trinajstić information content (AvgIpc) is 2.16. The number of aromatic carboxylic acids is 1. The van der Waals surface area contributed by atoms with E-state index in [0.29, 0.717) is 0 Å². The molecule has 15 heavy (non-hydrogen) atoms. The van der Waals surface area contributed by atoms with E-state index in [0.717, 1.165) is 12.1 Å². The zero-order valence-electron chi connectivity index (χ0n) is 7.76. The molecule has 0 atom stereocenters. The Kier molecular flexibility index (Phi) is 2.75. The van der Waals surface area contributed by atoms with Crippen molar-refractivity contribution in [1.29, 1.82) is 0 Å². The Hall–Kier alpha value is -2.31. The van der Waals surface area contributed by atoms with E-state index < -0.39 is 10.9 Å². The van der Waals surface area contributed by atoms with Gasteiger partial charge in [0.15, 0.2) is 5.75 Å². The van der Waals surface area contributed by atoms with Crippen molar-refractivity contribution in [3.8, 4) is 5.75 Å². The van der Waals surface area contributed by atoms with Gasteiger partial charge in [0.05, 0.1) is 23.3 Å². The smallest absolute Gasteiger partial charge is 0.337 e. The van der Waals surface area contributed by atoms with Crippen LogP contribution in [0.5, 0.6) is 5.75 Å². The second kappa shape index (κ2) is 3.82. The lowest BCUT2D eigenvalue weighted by molar-refractivity contribution is -0.385. The minimum Gasteiger partial charge on any atom is -0.490 e. The van der Waals surface area contributed by atoms with Crippen molar-refractivity contribution < 1.29 is 19.6 Å². The molecule has 0 amide bonds. The average molecular weight is 212 g/mol. The van der Waals surface area contributed by atoms with Gasteiger partial charge in [-0.3, -0.25) is 10.1 Å². The first-order chi connectivity index (χ1) is 6.97. The van der Waals surface area contributed by atoms with Gasteiger partial charge in [-0.25, -0.2) is 4.79 Å². The largest absolute Gasteiger partial charge is 0.490 e. The van der Waals surface area contributed by atoms with Crippen LogP contribution in [0.2, 0.25) is 0 Å². The van der Waals surface area contributed by atoms with Crippen LogP contribution in [0.4, 0.5) is 11.4 Å². The molecule has 0 radical (unpaired) electrons. The maximum absolute atomic E-state index is 10.7. The normalized spacial score (nSPS) is 9.67. The summed E-state index contributed by atoms with van der Waals surface area (Å²) in [5.41, 5.74) is 4.59. The molecule has 0 aliphatic rings. The van der Waals surface area contributed by atoms with Crippen LogP contribution >= 0.6 is 0 Å². The Morgan fingerprint density at radius 1 is 1.60 bits per heavy atom. The molecule has 3 N–H and O–H groups in total. The van der Waals surface area contributed by atoms with Gasteiger partial charge in [-0.2, -0.15) is 0 Å². The fraction of sp³-hybridized carbons (Fsp3) is 0.125. The van der Waals surface area contributed by atoms with Crippen molar-refractivity contribution in [1.82, 2.24) is 0 Å². The topological polar surface area (TPSA) is 116 Å². The van der Waals surface area contributed by atoms with Gasteiger partial charge in [-0.05, 0) is 0 Å². The fourth-order valence-electron chi connectivity index (χ4n) is 1.08. The summed E-state index contributed by atoms with van der Waals surface area (Å²) in [5, 5.41) is 19.2. The van der Waals surface area contributed by atoms with Crippen LogP contribution in [0, 0.1) is 10.1 Å². The van der Waals surface area contributed by atoms with Crippen molar-refractivity contribution in [3.05, 3.63) is 27.8 Å². The number of ether oxygens (including phenoxy) is 1. The maximum atomic E-state index is 10.7. The van der Waals surface area contributed by atoms with E-state index in [-0.39, 0.29) is 22.7 Å². The summed E-state index contributed by atoms with van der Waals surface area (Å²) < 4.78 is 4.69. The Balaban J connectivity index is 3.42. The molecule has 0 spiro atoms. The van der Waals surface area contributed by atoms with Crippen LogP contribution in [0.15, 0.2) is 12.1 Å². The molecule has 0 aromatic heterocycles. The summed E-state index contributed by atoms with van der Waals surface area (Å²) in [6.45, 7) is 0. The highest BCUT2D eigenvalue weighted by molar-refractivity contribution is 5.95. The number of nitro groups is 1. The highest BCUT2D eigenvalue weighted by atomic mass is 16.6. The number of hydrogen-bond donors (Lipinski definition) is 2. The number of methoxy groups -OCH3 is 1. The molecule has 0 saturated carbocycles. The van der Waals surface area contributed by atoms with Gasteiger partial charge in [-0.1, -0.05) is 0 Å². The van der Waals surface area contributed by atoms with E-state index in [1.165, 1.54) is 7.11 Å². The van der Waals surface area contributed by atoms with E-state index in [1.54, 1.807) is 0 Å². The SMILES string of the molecule is COc1cc(C(=O)O)c(N)cc1[N+](=O)[O-]. The first kappa shape index (κ1) is 10.8. The first-order valence-electron chi connectivity index (χ1n) is 3.82. The molecule has 0 unspecified atom stereocenters. The number of nitro benzene ring substituents is 1. The molecule has 0 aliphatic heterocycles. The van der Waals surface area contributed by atoms with Gasteiger partial charge < -0.3 is 15.6 Å². The number of anilines is 1. The van der Waals surface area contributed by atoms with Crippen molar-refractivity contribution in [3.63, 3.8) is 0 Å². The Morgan fingerprint density at radius 3 is 2.60 bits per heavy atom. The second-order valence-electron chi connectivity index (χ2n) is 2.67. The number of carbonyl (C=O) groups is 1. The van der Waals surface area contributed by atoms with E-state index in [2.05, 4.69) is 0 Å². The van der Waals surface area contributed by atoms with E-state index in [9.17, 15) is 14.9 Å². The Labute approximate surface area is 84.2 Å². The maximum Gasteiger partial charge on any atom is 0.337 e. The van der Waals surface area contributed by atoms with Crippen molar-refractivity contribution in [2.75, 3.05) is 12.8 Å². The van der Waals surface area contributed by atoms with Crippen LogP contribution in [0.25, 0.3) is 0 Å². The third-order valence-corrected chi connectivity index (χ3v) is 1.78. The number of nitrogens with two attached hydrogens (primary N) is 1. The van der Waals surface area contributed by atoms with Gasteiger partial charge >= 0.3 is 11.7 Å².